The maximum atomic E-state index is 13.1. The van der Waals surface area contributed by atoms with Crippen LogP contribution in [0.1, 0.15) is 24.7 Å². The number of fused-ring (bicyclic) bond motifs is 1. The van der Waals surface area contributed by atoms with Gasteiger partial charge >= 0.3 is 0 Å². The zero-order valence-electron chi connectivity index (χ0n) is 12.9. The van der Waals surface area contributed by atoms with Crippen molar-refractivity contribution in [2.75, 3.05) is 0 Å². The minimum atomic E-state index is -0.244. The van der Waals surface area contributed by atoms with E-state index in [-0.39, 0.29) is 24.0 Å². The second-order valence-corrected chi connectivity index (χ2v) is 6.35. The number of aromatic nitrogens is 2. The van der Waals surface area contributed by atoms with Crippen LogP contribution in [0.15, 0.2) is 53.3 Å². The number of benzene rings is 2. The maximum Gasteiger partial charge on any atom is 0.267 e. The molecule has 0 saturated heterocycles. The molecule has 0 amide bonds. The molecule has 0 bridgehead atoms. The number of hydrogen-bond acceptors (Lipinski definition) is 3. The molecule has 0 aliphatic heterocycles. The Morgan fingerprint density at radius 3 is 2.50 bits per heavy atom. The van der Waals surface area contributed by atoms with Crippen LogP contribution < -0.4 is 11.3 Å². The van der Waals surface area contributed by atoms with Gasteiger partial charge in [0, 0.05) is 0 Å². The summed E-state index contributed by atoms with van der Waals surface area (Å²) >= 11 is 6.24. The molecule has 2 aromatic carbocycles. The largest absolute Gasteiger partial charge is 0.321 e. The van der Waals surface area contributed by atoms with E-state index in [1.54, 1.807) is 22.8 Å². The third kappa shape index (κ3) is 2.81. The highest BCUT2D eigenvalue weighted by Gasteiger charge is 2.33. The van der Waals surface area contributed by atoms with Crippen molar-refractivity contribution < 1.29 is 0 Å². The summed E-state index contributed by atoms with van der Waals surface area (Å²) in [6.07, 6.45) is 2.17. The summed E-state index contributed by atoms with van der Waals surface area (Å²) in [5.74, 6) is 1.01. The minimum Gasteiger partial charge on any atom is -0.321 e. The molecule has 1 saturated carbocycles. The lowest BCUT2D eigenvalue weighted by molar-refractivity contribution is 0.574. The van der Waals surface area contributed by atoms with Crippen molar-refractivity contribution >= 4 is 34.9 Å². The number of hydrogen-bond donors (Lipinski definition) is 1. The highest BCUT2D eigenvalue weighted by atomic mass is 35.5. The summed E-state index contributed by atoms with van der Waals surface area (Å²) < 4.78 is 1.61. The standard InChI is InChI=1S/C18H16ClN3O.ClH/c19-13-7-4-8-14-15(13)18(23)22(12-5-2-1-3-6-12)17(21-14)16(20)11-9-10-11;/h1-8,11,16H,9-10,20H2;1H. The molecule has 1 atom stereocenters. The van der Waals surface area contributed by atoms with Crippen LogP contribution in [0.3, 0.4) is 0 Å². The molecule has 3 aromatic rings. The van der Waals surface area contributed by atoms with Gasteiger partial charge in [-0.1, -0.05) is 35.9 Å². The van der Waals surface area contributed by atoms with E-state index >= 15 is 0 Å². The predicted molar refractivity (Wildman–Crippen MR) is 99.3 cm³/mol. The molecule has 24 heavy (non-hydrogen) atoms. The Balaban J connectivity index is 0.00000169. The summed E-state index contributed by atoms with van der Waals surface area (Å²) in [6.45, 7) is 0. The monoisotopic (exact) mass is 361 g/mol. The van der Waals surface area contributed by atoms with Gasteiger partial charge in [-0.25, -0.2) is 4.98 Å². The molecule has 124 valence electrons. The Kier molecular flexibility index (Phi) is 4.63. The quantitative estimate of drug-likeness (QED) is 0.769. The highest BCUT2D eigenvalue weighted by Crippen LogP contribution is 2.39. The molecular weight excluding hydrogens is 345 g/mol. The van der Waals surface area contributed by atoms with Crippen LogP contribution in [-0.4, -0.2) is 9.55 Å². The average molecular weight is 362 g/mol. The van der Waals surface area contributed by atoms with Crippen molar-refractivity contribution in [2.45, 2.75) is 18.9 Å². The summed E-state index contributed by atoms with van der Waals surface area (Å²) in [4.78, 5) is 17.8. The Morgan fingerprint density at radius 2 is 1.83 bits per heavy atom. The second kappa shape index (κ2) is 6.55. The Hall–Kier alpha value is -1.88. The molecule has 1 fully saturated rings. The first-order chi connectivity index (χ1) is 11.2. The van der Waals surface area contributed by atoms with Gasteiger partial charge in [0.05, 0.1) is 27.7 Å². The van der Waals surface area contributed by atoms with Gasteiger partial charge in [0.25, 0.3) is 5.56 Å². The SMILES string of the molecule is Cl.NC(c1nc2cccc(Cl)c2c(=O)n1-c1ccccc1)C1CC1. The fraction of sp³-hybridized carbons (Fsp3) is 0.222. The van der Waals surface area contributed by atoms with Gasteiger partial charge in [0.15, 0.2) is 0 Å². The van der Waals surface area contributed by atoms with Gasteiger partial charge in [-0.3, -0.25) is 9.36 Å². The van der Waals surface area contributed by atoms with Crippen LogP contribution in [0.2, 0.25) is 5.02 Å². The fourth-order valence-electron chi connectivity index (χ4n) is 2.92. The molecule has 0 spiro atoms. The third-order valence-electron chi connectivity index (χ3n) is 4.32. The number of nitrogens with two attached hydrogens (primary N) is 1. The van der Waals surface area contributed by atoms with Crippen LogP contribution >= 0.6 is 24.0 Å². The highest BCUT2D eigenvalue weighted by molar-refractivity contribution is 6.35. The van der Waals surface area contributed by atoms with E-state index in [2.05, 4.69) is 4.98 Å². The van der Waals surface area contributed by atoms with Gasteiger partial charge in [-0.05, 0) is 43.0 Å². The zero-order chi connectivity index (χ0) is 16.0. The van der Waals surface area contributed by atoms with Crippen LogP contribution in [0, 0.1) is 5.92 Å². The molecule has 1 aromatic heterocycles. The molecule has 1 unspecified atom stereocenters. The van der Waals surface area contributed by atoms with Gasteiger partial charge in [-0.15, -0.1) is 12.4 Å². The first-order valence-corrected chi connectivity index (χ1v) is 8.07. The molecule has 0 radical (unpaired) electrons. The lowest BCUT2D eigenvalue weighted by atomic mass is 10.1. The number of para-hydroxylation sites is 1. The Labute approximate surface area is 150 Å². The molecule has 4 nitrogen and oxygen atoms in total. The lowest BCUT2D eigenvalue weighted by Gasteiger charge is -2.18. The van der Waals surface area contributed by atoms with Crippen LogP contribution in [-0.2, 0) is 0 Å². The van der Waals surface area contributed by atoms with Gasteiger partial charge in [-0.2, -0.15) is 0 Å². The lowest BCUT2D eigenvalue weighted by Crippen LogP contribution is -2.29. The number of nitrogens with zero attached hydrogens (tertiary/aromatic N) is 2. The van der Waals surface area contributed by atoms with Gasteiger partial charge in [0.2, 0.25) is 0 Å². The molecule has 2 N–H and O–H groups in total. The summed E-state index contributed by atoms with van der Waals surface area (Å²) in [5, 5.41) is 0.848. The number of halogens is 2. The molecule has 1 aliphatic carbocycles. The van der Waals surface area contributed by atoms with Crippen molar-refractivity contribution in [1.29, 1.82) is 0 Å². The van der Waals surface area contributed by atoms with E-state index in [1.165, 1.54) is 0 Å². The normalized spacial score (nSPS) is 15.1. The smallest absolute Gasteiger partial charge is 0.267 e. The van der Waals surface area contributed by atoms with Crippen molar-refractivity contribution in [3.8, 4) is 5.69 Å². The summed E-state index contributed by atoms with van der Waals surface area (Å²) in [6, 6.07) is 14.5. The van der Waals surface area contributed by atoms with Gasteiger partial charge in [0.1, 0.15) is 5.82 Å². The van der Waals surface area contributed by atoms with E-state index < -0.39 is 0 Å². The third-order valence-corrected chi connectivity index (χ3v) is 4.63. The second-order valence-electron chi connectivity index (χ2n) is 5.94. The van der Waals surface area contributed by atoms with Crippen LogP contribution in [0.25, 0.3) is 16.6 Å². The first kappa shape index (κ1) is 17.0. The minimum absolute atomic E-state index is 0. The molecule has 1 aliphatic rings. The molecule has 1 heterocycles. The molecule has 6 heteroatoms. The maximum absolute atomic E-state index is 13.1. The van der Waals surface area contributed by atoms with Crippen molar-refractivity contribution in [2.24, 2.45) is 11.7 Å². The van der Waals surface area contributed by atoms with Crippen molar-refractivity contribution in [1.82, 2.24) is 9.55 Å². The first-order valence-electron chi connectivity index (χ1n) is 7.69. The van der Waals surface area contributed by atoms with Crippen LogP contribution in [0.4, 0.5) is 0 Å². The van der Waals surface area contributed by atoms with Crippen molar-refractivity contribution in [3.63, 3.8) is 0 Å². The van der Waals surface area contributed by atoms with Crippen LogP contribution in [0.5, 0.6) is 0 Å². The van der Waals surface area contributed by atoms with E-state index in [9.17, 15) is 4.79 Å². The number of rotatable bonds is 3. The zero-order valence-corrected chi connectivity index (χ0v) is 14.4. The van der Waals surface area contributed by atoms with E-state index in [0.717, 1.165) is 18.5 Å². The van der Waals surface area contributed by atoms with Gasteiger partial charge < -0.3 is 5.73 Å². The summed E-state index contributed by atoms with van der Waals surface area (Å²) in [7, 11) is 0. The molecular formula is C18H17Cl2N3O. The summed E-state index contributed by atoms with van der Waals surface area (Å²) in [5.41, 5.74) is 7.57. The Bertz CT molecular complexity index is 936. The van der Waals surface area contributed by atoms with E-state index in [0.29, 0.717) is 27.7 Å². The topological polar surface area (TPSA) is 60.9 Å². The van der Waals surface area contributed by atoms with Crippen molar-refractivity contribution in [3.05, 3.63) is 69.7 Å². The average Bonchev–Trinajstić information content (AvgIpc) is 3.39. The predicted octanol–water partition coefficient (Wildman–Crippen LogP) is 3.87. The van der Waals surface area contributed by atoms with E-state index in [1.807, 2.05) is 30.3 Å². The van der Waals surface area contributed by atoms with E-state index in [4.69, 9.17) is 17.3 Å². The molecule has 4 rings (SSSR count). The fourth-order valence-corrected chi connectivity index (χ4v) is 3.17. The Morgan fingerprint density at radius 1 is 1.12 bits per heavy atom.